The maximum Gasteiger partial charge on any atom is 0.222 e. The molecule has 1 aliphatic rings. The van der Waals surface area contributed by atoms with Crippen LogP contribution in [0.25, 0.3) is 0 Å². The molecule has 2 unspecified atom stereocenters. The molecule has 0 saturated heterocycles. The van der Waals surface area contributed by atoms with Crippen LogP contribution < -0.4 is 15.8 Å². The van der Waals surface area contributed by atoms with Crippen molar-refractivity contribution in [3.63, 3.8) is 0 Å². The maximum atomic E-state index is 14.2. The molecule has 26 heavy (non-hydrogen) atoms. The summed E-state index contributed by atoms with van der Waals surface area (Å²) in [6.45, 7) is 0.405. The van der Waals surface area contributed by atoms with E-state index in [2.05, 4.69) is 5.32 Å². The summed E-state index contributed by atoms with van der Waals surface area (Å²) < 4.78 is 33.2. The van der Waals surface area contributed by atoms with Crippen LogP contribution in [0.5, 0.6) is 5.75 Å². The number of halogens is 2. The highest BCUT2D eigenvalue weighted by Crippen LogP contribution is 2.26. The van der Waals surface area contributed by atoms with Gasteiger partial charge in [-0.25, -0.2) is 8.78 Å². The van der Waals surface area contributed by atoms with Gasteiger partial charge in [0.15, 0.2) is 11.6 Å². The first-order chi connectivity index (χ1) is 12.5. The van der Waals surface area contributed by atoms with E-state index in [9.17, 15) is 13.6 Å². The number of nitrogens with one attached hydrogen (secondary N) is 1. The number of hydrogen-bond acceptors (Lipinski definition) is 3. The summed E-state index contributed by atoms with van der Waals surface area (Å²) in [5, 5.41) is 3.28. The Hall–Kier alpha value is -2.47. The molecule has 2 aromatic rings. The predicted octanol–water partition coefficient (Wildman–Crippen LogP) is 3.29. The van der Waals surface area contributed by atoms with Gasteiger partial charge < -0.3 is 15.8 Å². The minimum Gasteiger partial charge on any atom is -0.486 e. The Morgan fingerprint density at radius 2 is 1.96 bits per heavy atom. The van der Waals surface area contributed by atoms with E-state index in [0.717, 1.165) is 24.8 Å². The van der Waals surface area contributed by atoms with Gasteiger partial charge in [0.05, 0.1) is 5.92 Å². The molecule has 1 aliphatic carbocycles. The zero-order chi connectivity index (χ0) is 18.5. The first kappa shape index (κ1) is 18.3. The van der Waals surface area contributed by atoms with Crippen molar-refractivity contribution >= 4 is 5.91 Å². The molecule has 4 nitrogen and oxygen atoms in total. The lowest BCUT2D eigenvalue weighted by atomic mass is 10.0. The summed E-state index contributed by atoms with van der Waals surface area (Å²) in [6.07, 6.45) is 2.65. The van der Waals surface area contributed by atoms with Gasteiger partial charge >= 0.3 is 0 Å². The Labute approximate surface area is 151 Å². The highest BCUT2D eigenvalue weighted by molar-refractivity contribution is 5.77. The van der Waals surface area contributed by atoms with Crippen LogP contribution in [-0.4, -0.2) is 11.9 Å². The van der Waals surface area contributed by atoms with Crippen LogP contribution in [0.1, 0.15) is 30.4 Å². The average Bonchev–Trinajstić information content (AvgIpc) is 3.09. The molecule has 0 spiro atoms. The molecule has 2 atom stereocenters. The molecule has 138 valence electrons. The summed E-state index contributed by atoms with van der Waals surface area (Å²) in [6, 6.07) is 10.9. The standard InChI is InChI=1S/C20H22F2N2O2/c21-16-6-2-1-4-14(16)12-26-19-9-8-13(10-17(19)22)11-24-18-7-3-5-15(18)20(23)25/h1-2,4,6,8-10,15,18,24H,3,5,7,11-12H2,(H2,23,25). The van der Waals surface area contributed by atoms with E-state index in [4.69, 9.17) is 10.5 Å². The molecule has 3 rings (SSSR count). The average molecular weight is 360 g/mol. The van der Waals surface area contributed by atoms with Gasteiger partial charge in [-0.2, -0.15) is 0 Å². The minimum atomic E-state index is -0.501. The molecule has 0 heterocycles. The van der Waals surface area contributed by atoms with Crippen LogP contribution in [0.15, 0.2) is 42.5 Å². The summed E-state index contributed by atoms with van der Waals surface area (Å²) in [5.41, 5.74) is 6.53. The fraction of sp³-hybridized carbons (Fsp3) is 0.350. The van der Waals surface area contributed by atoms with Crippen LogP contribution in [0.4, 0.5) is 8.78 Å². The Kier molecular flexibility index (Phi) is 5.83. The van der Waals surface area contributed by atoms with Crippen molar-refractivity contribution in [1.82, 2.24) is 5.32 Å². The molecular weight excluding hydrogens is 338 g/mol. The molecule has 3 N–H and O–H groups in total. The van der Waals surface area contributed by atoms with Crippen molar-refractivity contribution in [2.45, 2.75) is 38.5 Å². The van der Waals surface area contributed by atoms with E-state index >= 15 is 0 Å². The number of amides is 1. The van der Waals surface area contributed by atoms with Crippen molar-refractivity contribution in [2.24, 2.45) is 11.7 Å². The Morgan fingerprint density at radius 3 is 2.69 bits per heavy atom. The van der Waals surface area contributed by atoms with Crippen molar-refractivity contribution in [2.75, 3.05) is 0 Å². The minimum absolute atomic E-state index is 0.0348. The summed E-state index contributed by atoms with van der Waals surface area (Å²) in [5.74, 6) is -1.26. The Balaban J connectivity index is 1.57. The van der Waals surface area contributed by atoms with Crippen LogP contribution in [-0.2, 0) is 17.9 Å². The molecule has 6 heteroatoms. The summed E-state index contributed by atoms with van der Waals surface area (Å²) in [7, 11) is 0. The smallest absolute Gasteiger partial charge is 0.222 e. The number of carbonyl (C=O) groups excluding carboxylic acids is 1. The zero-order valence-electron chi connectivity index (χ0n) is 14.4. The highest BCUT2D eigenvalue weighted by Gasteiger charge is 2.30. The highest BCUT2D eigenvalue weighted by atomic mass is 19.1. The van der Waals surface area contributed by atoms with Gasteiger partial charge in [-0.15, -0.1) is 0 Å². The molecule has 0 aliphatic heterocycles. The molecule has 2 aromatic carbocycles. The SMILES string of the molecule is NC(=O)C1CCCC1NCc1ccc(OCc2ccccc2F)c(F)c1. The second-order valence-corrected chi connectivity index (χ2v) is 6.57. The van der Waals surface area contributed by atoms with E-state index < -0.39 is 5.82 Å². The number of carbonyl (C=O) groups is 1. The number of rotatable bonds is 7. The van der Waals surface area contributed by atoms with Gasteiger partial charge in [0, 0.05) is 18.2 Å². The number of hydrogen-bond donors (Lipinski definition) is 2. The molecular formula is C20H22F2N2O2. The van der Waals surface area contributed by atoms with Crippen molar-refractivity contribution in [1.29, 1.82) is 0 Å². The third-order valence-corrected chi connectivity index (χ3v) is 4.79. The second kappa shape index (κ2) is 8.27. The van der Waals surface area contributed by atoms with E-state index in [0.29, 0.717) is 12.1 Å². The van der Waals surface area contributed by atoms with Gasteiger partial charge in [-0.05, 0) is 36.6 Å². The number of primary amides is 1. The maximum absolute atomic E-state index is 14.2. The van der Waals surface area contributed by atoms with Crippen molar-refractivity contribution < 1.29 is 18.3 Å². The van der Waals surface area contributed by atoms with E-state index in [-0.39, 0.29) is 36.0 Å². The van der Waals surface area contributed by atoms with Crippen LogP contribution in [0, 0.1) is 17.6 Å². The van der Waals surface area contributed by atoms with Gasteiger partial charge in [0.2, 0.25) is 5.91 Å². The lowest BCUT2D eigenvalue weighted by molar-refractivity contribution is -0.122. The van der Waals surface area contributed by atoms with E-state index in [1.807, 2.05) is 0 Å². The Morgan fingerprint density at radius 1 is 1.15 bits per heavy atom. The molecule has 0 aromatic heterocycles. The lowest BCUT2D eigenvalue weighted by Gasteiger charge is -2.18. The van der Waals surface area contributed by atoms with Crippen LogP contribution in [0.2, 0.25) is 0 Å². The topological polar surface area (TPSA) is 64.4 Å². The predicted molar refractivity (Wildman–Crippen MR) is 94.3 cm³/mol. The van der Waals surface area contributed by atoms with Gasteiger partial charge in [-0.3, -0.25) is 4.79 Å². The fourth-order valence-electron chi connectivity index (χ4n) is 3.34. The normalized spacial score (nSPS) is 19.5. The molecule has 1 saturated carbocycles. The number of ether oxygens (including phenoxy) is 1. The largest absolute Gasteiger partial charge is 0.486 e. The molecule has 0 bridgehead atoms. The lowest BCUT2D eigenvalue weighted by Crippen LogP contribution is -2.38. The van der Waals surface area contributed by atoms with E-state index in [1.165, 1.54) is 18.2 Å². The monoisotopic (exact) mass is 360 g/mol. The van der Waals surface area contributed by atoms with Crippen LogP contribution in [0.3, 0.4) is 0 Å². The molecule has 1 amide bonds. The van der Waals surface area contributed by atoms with Gasteiger partial charge in [0.25, 0.3) is 0 Å². The summed E-state index contributed by atoms with van der Waals surface area (Å²) >= 11 is 0. The number of nitrogens with two attached hydrogens (primary N) is 1. The van der Waals surface area contributed by atoms with E-state index in [1.54, 1.807) is 24.3 Å². The summed E-state index contributed by atoms with van der Waals surface area (Å²) in [4.78, 5) is 11.4. The van der Waals surface area contributed by atoms with Crippen LogP contribution >= 0.6 is 0 Å². The quantitative estimate of drug-likeness (QED) is 0.796. The van der Waals surface area contributed by atoms with Crippen molar-refractivity contribution in [3.05, 3.63) is 65.2 Å². The van der Waals surface area contributed by atoms with Crippen molar-refractivity contribution in [3.8, 4) is 5.75 Å². The molecule has 0 radical (unpaired) electrons. The third-order valence-electron chi connectivity index (χ3n) is 4.79. The Bertz CT molecular complexity index is 782. The van der Waals surface area contributed by atoms with Gasteiger partial charge in [0.1, 0.15) is 12.4 Å². The first-order valence-corrected chi connectivity index (χ1v) is 8.72. The molecule has 1 fully saturated rings. The fourth-order valence-corrected chi connectivity index (χ4v) is 3.34. The number of benzene rings is 2. The third kappa shape index (κ3) is 4.38. The second-order valence-electron chi connectivity index (χ2n) is 6.57. The van der Waals surface area contributed by atoms with Gasteiger partial charge in [-0.1, -0.05) is 30.7 Å². The first-order valence-electron chi connectivity index (χ1n) is 8.72. The zero-order valence-corrected chi connectivity index (χ0v) is 14.4.